The van der Waals surface area contributed by atoms with E-state index in [-0.39, 0.29) is 17.4 Å². The maximum atomic E-state index is 12.3. The number of esters is 1. The van der Waals surface area contributed by atoms with Gasteiger partial charge in [0.05, 0.1) is 4.87 Å². The van der Waals surface area contributed by atoms with Crippen LogP contribution in [0.25, 0.3) is 0 Å². The van der Waals surface area contributed by atoms with Gasteiger partial charge in [-0.15, -0.1) is 11.8 Å². The van der Waals surface area contributed by atoms with Crippen LogP contribution < -0.4 is 10.2 Å². The molecule has 2 saturated heterocycles. The molecule has 1 aromatic rings. The van der Waals surface area contributed by atoms with E-state index in [1.54, 1.807) is 28.8 Å². The highest BCUT2D eigenvalue weighted by Gasteiger charge is 2.53. The highest BCUT2D eigenvalue weighted by atomic mass is 32.2. The maximum absolute atomic E-state index is 12.3. The molecule has 0 saturated carbocycles. The van der Waals surface area contributed by atoms with Crippen LogP contribution in [0.3, 0.4) is 0 Å². The summed E-state index contributed by atoms with van der Waals surface area (Å²) < 4.78 is 5.16. The second-order valence-corrected chi connectivity index (χ2v) is 8.36. The zero-order valence-corrected chi connectivity index (χ0v) is 16.0. The SMILES string of the molecule is CN(C)c1ccc(NC(=O)COC(=O)[C@H]2CS[C@]3(C)CCC(=O)N23)cc1. The molecular formula is C18H23N3O4S. The van der Waals surface area contributed by atoms with Crippen molar-refractivity contribution in [2.45, 2.75) is 30.7 Å². The van der Waals surface area contributed by atoms with Gasteiger partial charge in [0.1, 0.15) is 6.04 Å². The lowest BCUT2D eigenvalue weighted by Gasteiger charge is -2.29. The van der Waals surface area contributed by atoms with Crippen LogP contribution in [0.1, 0.15) is 19.8 Å². The second kappa shape index (κ2) is 7.19. The molecule has 2 atom stereocenters. The number of thioether (sulfide) groups is 1. The average Bonchev–Trinajstić information content (AvgIpc) is 3.09. The largest absolute Gasteiger partial charge is 0.454 e. The first-order valence-electron chi connectivity index (χ1n) is 8.50. The molecule has 0 spiro atoms. The molecule has 2 aliphatic heterocycles. The van der Waals surface area contributed by atoms with Gasteiger partial charge in [-0.2, -0.15) is 0 Å². The second-order valence-electron chi connectivity index (χ2n) is 6.86. The third-order valence-corrected chi connectivity index (χ3v) is 6.24. The number of nitrogens with one attached hydrogen (secondary N) is 1. The molecule has 0 bridgehead atoms. The van der Waals surface area contributed by atoms with E-state index in [9.17, 15) is 14.4 Å². The van der Waals surface area contributed by atoms with E-state index < -0.39 is 17.9 Å². The molecule has 2 amide bonds. The number of hydrogen-bond donors (Lipinski definition) is 1. The molecule has 0 radical (unpaired) electrons. The van der Waals surface area contributed by atoms with Crippen LogP contribution in [0.15, 0.2) is 24.3 Å². The summed E-state index contributed by atoms with van der Waals surface area (Å²) in [5, 5.41) is 2.70. The van der Waals surface area contributed by atoms with Gasteiger partial charge in [-0.3, -0.25) is 9.59 Å². The Bertz CT molecular complexity index is 722. The van der Waals surface area contributed by atoms with Crippen molar-refractivity contribution < 1.29 is 19.1 Å². The van der Waals surface area contributed by atoms with Crippen LogP contribution in [0, 0.1) is 0 Å². The smallest absolute Gasteiger partial charge is 0.330 e. The highest BCUT2D eigenvalue weighted by Crippen LogP contribution is 2.47. The minimum absolute atomic E-state index is 0.0233. The Balaban J connectivity index is 1.51. The third kappa shape index (κ3) is 3.65. The summed E-state index contributed by atoms with van der Waals surface area (Å²) in [4.78, 5) is 39.7. The standard InChI is InChI=1S/C18H23N3O4S/c1-18-9-8-16(23)21(18)14(11-26-18)17(24)25-10-15(22)19-12-4-6-13(7-5-12)20(2)3/h4-7,14H,8-11H2,1-3H3,(H,19,22)/t14-,18-/m1/s1. The number of nitrogens with zero attached hydrogens (tertiary/aromatic N) is 2. The maximum Gasteiger partial charge on any atom is 0.330 e. The molecule has 1 N–H and O–H groups in total. The molecule has 2 fully saturated rings. The van der Waals surface area contributed by atoms with Crippen LogP contribution in [-0.4, -0.2) is 60.1 Å². The van der Waals surface area contributed by atoms with E-state index >= 15 is 0 Å². The molecule has 0 unspecified atom stereocenters. The Morgan fingerprint density at radius 3 is 2.69 bits per heavy atom. The van der Waals surface area contributed by atoms with E-state index in [0.29, 0.717) is 17.9 Å². The topological polar surface area (TPSA) is 79.0 Å². The van der Waals surface area contributed by atoms with Gasteiger partial charge in [0.15, 0.2) is 6.61 Å². The number of benzene rings is 1. The Morgan fingerprint density at radius 1 is 1.35 bits per heavy atom. The predicted octanol–water partition coefficient (Wildman–Crippen LogP) is 1.69. The fourth-order valence-electron chi connectivity index (χ4n) is 3.27. The third-order valence-electron chi connectivity index (χ3n) is 4.73. The molecule has 8 heteroatoms. The Kier molecular flexibility index (Phi) is 5.13. The number of fused-ring (bicyclic) bond motifs is 1. The molecule has 2 aliphatic rings. The normalized spacial score (nSPS) is 24.3. The van der Waals surface area contributed by atoms with E-state index in [2.05, 4.69) is 5.32 Å². The van der Waals surface area contributed by atoms with Crippen molar-refractivity contribution in [2.75, 3.05) is 36.7 Å². The molecule has 2 heterocycles. The van der Waals surface area contributed by atoms with Crippen LogP contribution in [0.2, 0.25) is 0 Å². The van der Waals surface area contributed by atoms with Crippen molar-refractivity contribution in [1.29, 1.82) is 0 Å². The summed E-state index contributed by atoms with van der Waals surface area (Å²) in [6.07, 6.45) is 1.19. The quantitative estimate of drug-likeness (QED) is 0.787. The van der Waals surface area contributed by atoms with Crippen molar-refractivity contribution in [3.8, 4) is 0 Å². The summed E-state index contributed by atoms with van der Waals surface area (Å²) >= 11 is 1.60. The Morgan fingerprint density at radius 2 is 2.04 bits per heavy atom. The monoisotopic (exact) mass is 377 g/mol. The van der Waals surface area contributed by atoms with E-state index in [1.807, 2.05) is 38.1 Å². The van der Waals surface area contributed by atoms with Crippen LogP contribution >= 0.6 is 11.8 Å². The first-order valence-corrected chi connectivity index (χ1v) is 9.49. The number of anilines is 2. The summed E-state index contributed by atoms with van der Waals surface area (Å²) in [7, 11) is 3.87. The van der Waals surface area contributed by atoms with Gasteiger partial charge in [0.25, 0.3) is 5.91 Å². The first kappa shape index (κ1) is 18.6. The van der Waals surface area contributed by atoms with E-state index in [4.69, 9.17) is 4.74 Å². The molecule has 0 aromatic heterocycles. The van der Waals surface area contributed by atoms with Gasteiger partial charge in [-0.25, -0.2) is 4.79 Å². The van der Waals surface area contributed by atoms with Crippen molar-refractivity contribution >= 4 is 40.9 Å². The number of rotatable bonds is 5. The molecule has 3 rings (SSSR count). The molecule has 140 valence electrons. The molecule has 1 aromatic carbocycles. The van der Waals surface area contributed by atoms with E-state index in [0.717, 1.165) is 12.1 Å². The lowest BCUT2D eigenvalue weighted by atomic mass is 10.2. The average molecular weight is 377 g/mol. The number of amides is 2. The summed E-state index contributed by atoms with van der Waals surface area (Å²) in [6, 6.07) is 6.75. The molecule has 26 heavy (non-hydrogen) atoms. The fraction of sp³-hybridized carbons (Fsp3) is 0.500. The number of carbonyl (C=O) groups is 3. The summed E-state index contributed by atoms with van der Waals surface area (Å²) in [5.74, 6) is -0.439. The minimum atomic E-state index is -0.604. The first-order chi connectivity index (χ1) is 12.3. The van der Waals surface area contributed by atoms with Gasteiger partial charge in [-0.1, -0.05) is 0 Å². The lowest BCUT2D eigenvalue weighted by molar-refractivity contribution is -0.155. The van der Waals surface area contributed by atoms with Crippen molar-refractivity contribution in [3.05, 3.63) is 24.3 Å². The number of ether oxygens (including phenoxy) is 1. The van der Waals surface area contributed by atoms with Crippen LogP contribution in [0.4, 0.5) is 11.4 Å². The van der Waals surface area contributed by atoms with Gasteiger partial charge in [0, 0.05) is 37.6 Å². The van der Waals surface area contributed by atoms with Gasteiger partial charge < -0.3 is 19.9 Å². The number of carbonyl (C=O) groups excluding carboxylic acids is 3. The Labute approximate surface area is 157 Å². The van der Waals surface area contributed by atoms with Gasteiger partial charge in [-0.05, 0) is 37.6 Å². The molecule has 7 nitrogen and oxygen atoms in total. The minimum Gasteiger partial charge on any atom is -0.454 e. The van der Waals surface area contributed by atoms with Crippen LogP contribution in [-0.2, 0) is 19.1 Å². The summed E-state index contributed by atoms with van der Waals surface area (Å²) in [6.45, 7) is 1.61. The zero-order valence-electron chi connectivity index (χ0n) is 15.2. The molecule has 0 aliphatic carbocycles. The van der Waals surface area contributed by atoms with Crippen molar-refractivity contribution in [2.24, 2.45) is 0 Å². The fourth-order valence-corrected chi connectivity index (χ4v) is 4.68. The van der Waals surface area contributed by atoms with Crippen molar-refractivity contribution in [1.82, 2.24) is 4.90 Å². The van der Waals surface area contributed by atoms with Crippen LogP contribution in [0.5, 0.6) is 0 Å². The zero-order chi connectivity index (χ0) is 18.9. The highest BCUT2D eigenvalue weighted by molar-refractivity contribution is 8.01. The van der Waals surface area contributed by atoms with Gasteiger partial charge in [0.2, 0.25) is 5.91 Å². The molecular weight excluding hydrogens is 354 g/mol. The van der Waals surface area contributed by atoms with Gasteiger partial charge >= 0.3 is 5.97 Å². The van der Waals surface area contributed by atoms with E-state index in [1.165, 1.54) is 0 Å². The number of hydrogen-bond acceptors (Lipinski definition) is 6. The van der Waals surface area contributed by atoms with Crippen molar-refractivity contribution in [3.63, 3.8) is 0 Å². The Hall–Kier alpha value is -2.22. The summed E-state index contributed by atoms with van der Waals surface area (Å²) in [5.41, 5.74) is 1.65. The predicted molar refractivity (Wildman–Crippen MR) is 101 cm³/mol. The lowest BCUT2D eigenvalue weighted by Crippen LogP contribution is -2.47.